The highest BCUT2D eigenvalue weighted by Crippen LogP contribution is 2.46. The van der Waals surface area contributed by atoms with E-state index in [9.17, 15) is 15.0 Å². The van der Waals surface area contributed by atoms with Crippen LogP contribution in [0.2, 0.25) is 0 Å². The molecule has 0 radical (unpaired) electrons. The SMILES string of the molecule is CCC1CCCC(CC(C)(O)CC)(C(=O)O)C1. The van der Waals surface area contributed by atoms with Crippen LogP contribution in [0.15, 0.2) is 0 Å². The van der Waals surface area contributed by atoms with Crippen LogP contribution < -0.4 is 0 Å². The van der Waals surface area contributed by atoms with Gasteiger partial charge in [-0.15, -0.1) is 0 Å². The van der Waals surface area contributed by atoms with Gasteiger partial charge in [0.05, 0.1) is 11.0 Å². The summed E-state index contributed by atoms with van der Waals surface area (Å²) >= 11 is 0. The van der Waals surface area contributed by atoms with E-state index in [1.807, 2.05) is 6.92 Å². The summed E-state index contributed by atoms with van der Waals surface area (Å²) in [5, 5.41) is 19.7. The molecular formula is C14H26O3. The van der Waals surface area contributed by atoms with Crippen LogP contribution in [-0.4, -0.2) is 21.8 Å². The average Bonchev–Trinajstić information content (AvgIpc) is 2.28. The van der Waals surface area contributed by atoms with E-state index in [1.165, 1.54) is 0 Å². The Kier molecular flexibility index (Phi) is 4.59. The number of aliphatic hydroxyl groups is 1. The fourth-order valence-corrected chi connectivity index (χ4v) is 3.12. The molecule has 100 valence electrons. The maximum absolute atomic E-state index is 11.6. The van der Waals surface area contributed by atoms with Gasteiger partial charge in [-0.1, -0.05) is 33.1 Å². The van der Waals surface area contributed by atoms with Crippen molar-refractivity contribution in [3.8, 4) is 0 Å². The summed E-state index contributed by atoms with van der Waals surface area (Å²) in [5.74, 6) is -0.211. The van der Waals surface area contributed by atoms with Gasteiger partial charge >= 0.3 is 5.97 Å². The Bertz CT molecular complexity index is 273. The monoisotopic (exact) mass is 242 g/mol. The zero-order valence-corrected chi connectivity index (χ0v) is 11.3. The molecular weight excluding hydrogens is 216 g/mol. The molecule has 0 amide bonds. The number of hydrogen-bond donors (Lipinski definition) is 2. The smallest absolute Gasteiger partial charge is 0.309 e. The molecule has 0 bridgehead atoms. The molecule has 0 aromatic carbocycles. The Hall–Kier alpha value is -0.570. The Morgan fingerprint density at radius 1 is 1.47 bits per heavy atom. The molecule has 3 unspecified atom stereocenters. The molecule has 0 heterocycles. The Morgan fingerprint density at radius 2 is 2.12 bits per heavy atom. The van der Waals surface area contributed by atoms with Crippen molar-refractivity contribution in [3.63, 3.8) is 0 Å². The van der Waals surface area contributed by atoms with E-state index in [0.717, 1.165) is 32.1 Å². The largest absolute Gasteiger partial charge is 0.481 e. The van der Waals surface area contributed by atoms with Gasteiger partial charge in [0, 0.05) is 0 Å². The third kappa shape index (κ3) is 3.44. The van der Waals surface area contributed by atoms with Gasteiger partial charge in [0.25, 0.3) is 0 Å². The summed E-state index contributed by atoms with van der Waals surface area (Å²) in [6, 6.07) is 0. The van der Waals surface area contributed by atoms with E-state index >= 15 is 0 Å². The number of carbonyl (C=O) groups is 1. The third-order valence-electron chi connectivity index (χ3n) is 4.46. The first kappa shape index (κ1) is 14.5. The fraction of sp³-hybridized carbons (Fsp3) is 0.929. The molecule has 0 aromatic heterocycles. The number of carboxylic acids is 1. The second-order valence-corrected chi connectivity index (χ2v) is 5.98. The molecule has 17 heavy (non-hydrogen) atoms. The number of carboxylic acid groups (broad SMARTS) is 1. The first-order valence-electron chi connectivity index (χ1n) is 6.81. The van der Waals surface area contributed by atoms with E-state index in [4.69, 9.17) is 0 Å². The van der Waals surface area contributed by atoms with Crippen molar-refractivity contribution in [2.24, 2.45) is 11.3 Å². The zero-order valence-electron chi connectivity index (χ0n) is 11.3. The molecule has 0 saturated heterocycles. The van der Waals surface area contributed by atoms with Gasteiger partial charge in [0.1, 0.15) is 0 Å². The maximum atomic E-state index is 11.6. The van der Waals surface area contributed by atoms with E-state index < -0.39 is 17.0 Å². The van der Waals surface area contributed by atoms with Crippen molar-refractivity contribution >= 4 is 5.97 Å². The molecule has 1 fully saturated rings. The van der Waals surface area contributed by atoms with Crippen molar-refractivity contribution in [2.75, 3.05) is 0 Å². The Labute approximate surface area is 104 Å². The van der Waals surface area contributed by atoms with E-state index in [0.29, 0.717) is 18.8 Å². The van der Waals surface area contributed by atoms with Gasteiger partial charge < -0.3 is 10.2 Å². The van der Waals surface area contributed by atoms with Gasteiger partial charge in [0.15, 0.2) is 0 Å². The highest BCUT2D eigenvalue weighted by Gasteiger charge is 2.46. The minimum Gasteiger partial charge on any atom is -0.481 e. The molecule has 3 atom stereocenters. The van der Waals surface area contributed by atoms with Gasteiger partial charge in [-0.3, -0.25) is 4.79 Å². The van der Waals surface area contributed by atoms with Gasteiger partial charge in [-0.05, 0) is 38.5 Å². The van der Waals surface area contributed by atoms with Crippen LogP contribution in [0.1, 0.15) is 65.7 Å². The topological polar surface area (TPSA) is 57.5 Å². The zero-order chi connectivity index (χ0) is 13.1. The lowest BCUT2D eigenvalue weighted by Crippen LogP contribution is -2.43. The lowest BCUT2D eigenvalue weighted by Gasteiger charge is -2.41. The standard InChI is InChI=1S/C14H26O3/c1-4-11-7-6-8-14(9-11,12(15)16)10-13(3,17)5-2/h11,17H,4-10H2,1-3H3,(H,15,16). The molecule has 1 aliphatic rings. The minimum atomic E-state index is -0.853. The predicted molar refractivity (Wildman–Crippen MR) is 67.8 cm³/mol. The first-order chi connectivity index (χ1) is 7.85. The van der Waals surface area contributed by atoms with Crippen LogP contribution in [0.3, 0.4) is 0 Å². The molecule has 1 aliphatic carbocycles. The summed E-state index contributed by atoms with van der Waals surface area (Å²) in [7, 11) is 0. The average molecular weight is 242 g/mol. The lowest BCUT2D eigenvalue weighted by atomic mass is 9.64. The number of aliphatic carboxylic acids is 1. The van der Waals surface area contributed by atoms with Crippen molar-refractivity contribution in [1.82, 2.24) is 0 Å². The molecule has 0 aliphatic heterocycles. The van der Waals surface area contributed by atoms with Crippen LogP contribution >= 0.6 is 0 Å². The molecule has 2 N–H and O–H groups in total. The van der Waals surface area contributed by atoms with E-state index in [2.05, 4.69) is 6.92 Å². The summed E-state index contributed by atoms with van der Waals surface area (Å²) < 4.78 is 0. The molecule has 1 rings (SSSR count). The molecule has 1 saturated carbocycles. The van der Waals surface area contributed by atoms with E-state index in [1.54, 1.807) is 6.92 Å². The van der Waals surface area contributed by atoms with Gasteiger partial charge in [-0.2, -0.15) is 0 Å². The molecule has 3 heteroatoms. The van der Waals surface area contributed by atoms with Crippen molar-refractivity contribution in [1.29, 1.82) is 0 Å². The van der Waals surface area contributed by atoms with Crippen LogP contribution in [0.4, 0.5) is 0 Å². The quantitative estimate of drug-likeness (QED) is 0.778. The minimum absolute atomic E-state index is 0.391. The second kappa shape index (κ2) is 5.38. The first-order valence-corrected chi connectivity index (χ1v) is 6.81. The Morgan fingerprint density at radius 3 is 2.59 bits per heavy atom. The maximum Gasteiger partial charge on any atom is 0.309 e. The van der Waals surface area contributed by atoms with E-state index in [-0.39, 0.29) is 0 Å². The van der Waals surface area contributed by atoms with Crippen molar-refractivity contribution in [3.05, 3.63) is 0 Å². The molecule has 0 spiro atoms. The van der Waals surface area contributed by atoms with Crippen LogP contribution in [0, 0.1) is 11.3 Å². The number of rotatable bonds is 5. The van der Waals surface area contributed by atoms with Crippen molar-refractivity contribution in [2.45, 2.75) is 71.3 Å². The summed E-state index contributed by atoms with van der Waals surface area (Å²) in [4.78, 5) is 11.6. The number of hydrogen-bond acceptors (Lipinski definition) is 2. The summed E-state index contributed by atoms with van der Waals surface area (Å²) in [6.45, 7) is 5.80. The second-order valence-electron chi connectivity index (χ2n) is 5.98. The third-order valence-corrected chi connectivity index (χ3v) is 4.46. The highest BCUT2D eigenvalue weighted by molar-refractivity contribution is 5.75. The van der Waals surface area contributed by atoms with Gasteiger partial charge in [0.2, 0.25) is 0 Å². The predicted octanol–water partition coefficient (Wildman–Crippen LogP) is 3.21. The summed E-state index contributed by atoms with van der Waals surface area (Å²) in [6.07, 6.45) is 5.61. The van der Waals surface area contributed by atoms with Gasteiger partial charge in [-0.25, -0.2) is 0 Å². The fourth-order valence-electron chi connectivity index (χ4n) is 3.12. The molecule has 0 aromatic rings. The normalized spacial score (nSPS) is 33.1. The molecule has 3 nitrogen and oxygen atoms in total. The highest BCUT2D eigenvalue weighted by atomic mass is 16.4. The lowest BCUT2D eigenvalue weighted by molar-refractivity contribution is -0.157. The summed E-state index contributed by atoms with van der Waals surface area (Å²) in [5.41, 5.74) is -1.55. The Balaban J connectivity index is 2.86. The van der Waals surface area contributed by atoms with Crippen molar-refractivity contribution < 1.29 is 15.0 Å². The van der Waals surface area contributed by atoms with Crippen LogP contribution in [0.5, 0.6) is 0 Å². The van der Waals surface area contributed by atoms with Crippen LogP contribution in [-0.2, 0) is 4.79 Å². The van der Waals surface area contributed by atoms with Crippen LogP contribution in [0.25, 0.3) is 0 Å².